The van der Waals surface area contributed by atoms with Crippen LogP contribution in [0.2, 0.25) is 0 Å². The molecule has 0 radical (unpaired) electrons. The van der Waals surface area contributed by atoms with Gasteiger partial charge >= 0.3 is 5.97 Å². The van der Waals surface area contributed by atoms with Gasteiger partial charge in [-0.1, -0.05) is 91.0 Å². The fourth-order valence-corrected chi connectivity index (χ4v) is 7.92. The first kappa shape index (κ1) is 20.5. The summed E-state index contributed by atoms with van der Waals surface area (Å²) in [5, 5.41) is 2.42. The Balaban J connectivity index is 2.64. The number of ether oxygens (including phenoxy) is 1. The number of carbonyl (C=O) groups excluding carboxylic acids is 3. The van der Waals surface area contributed by atoms with Crippen LogP contribution in [-0.2, 0) is 19.1 Å². The highest BCUT2D eigenvalue weighted by Crippen LogP contribution is 2.46. The molecule has 146 valence electrons. The van der Waals surface area contributed by atoms with Crippen molar-refractivity contribution in [3.8, 4) is 0 Å². The normalized spacial score (nSPS) is 10.8. The van der Waals surface area contributed by atoms with Crippen molar-refractivity contribution in [1.82, 2.24) is 0 Å². The van der Waals surface area contributed by atoms with E-state index < -0.39 is 24.4 Å². The van der Waals surface area contributed by atoms with Crippen LogP contribution in [0.4, 0.5) is 0 Å². The quantitative estimate of drug-likeness (QED) is 0.274. The summed E-state index contributed by atoms with van der Waals surface area (Å²) < 4.78 is 4.70. The van der Waals surface area contributed by atoms with Crippen LogP contribution in [0.5, 0.6) is 0 Å². The highest BCUT2D eigenvalue weighted by molar-refractivity contribution is 7.98. The number of rotatable bonds is 6. The first-order chi connectivity index (χ1) is 14.0. The Kier molecular flexibility index (Phi) is 6.26. The lowest BCUT2D eigenvalue weighted by atomic mass is 10.2. The van der Waals surface area contributed by atoms with Crippen LogP contribution >= 0.6 is 6.89 Å². The van der Waals surface area contributed by atoms with Gasteiger partial charge < -0.3 is 4.74 Å². The molecular weight excluding hydrogens is 383 g/mol. The second kappa shape index (κ2) is 8.85. The van der Waals surface area contributed by atoms with E-state index in [4.69, 9.17) is 4.74 Å². The molecule has 0 amide bonds. The summed E-state index contributed by atoms with van der Waals surface area (Å²) in [6, 6.07) is 28.3. The molecule has 0 unspecified atom stereocenters. The maximum atomic E-state index is 13.2. The molecule has 0 saturated carbocycles. The smallest absolute Gasteiger partial charge is 0.379 e. The van der Waals surface area contributed by atoms with Crippen molar-refractivity contribution in [1.29, 1.82) is 0 Å². The van der Waals surface area contributed by atoms with E-state index in [1.807, 2.05) is 91.0 Å². The van der Waals surface area contributed by atoms with E-state index >= 15 is 0 Å². The van der Waals surface area contributed by atoms with Crippen molar-refractivity contribution < 1.29 is 19.1 Å². The number of esters is 1. The lowest BCUT2D eigenvalue weighted by Gasteiger charge is -2.31. The zero-order chi connectivity index (χ0) is 20.9. The van der Waals surface area contributed by atoms with Gasteiger partial charge in [0.1, 0.15) is 0 Å². The summed E-state index contributed by atoms with van der Waals surface area (Å²) >= 11 is 0. The lowest BCUT2D eigenvalue weighted by Crippen LogP contribution is -2.39. The molecule has 3 rings (SSSR count). The van der Waals surface area contributed by atoms with E-state index in [-0.39, 0.29) is 5.29 Å². The third kappa shape index (κ3) is 3.72. The molecule has 0 aliphatic carbocycles. The van der Waals surface area contributed by atoms with E-state index in [1.54, 1.807) is 0 Å². The van der Waals surface area contributed by atoms with Crippen molar-refractivity contribution in [3.05, 3.63) is 91.0 Å². The third-order valence-corrected chi connectivity index (χ3v) is 9.09. The van der Waals surface area contributed by atoms with Crippen LogP contribution < -0.4 is 15.9 Å². The van der Waals surface area contributed by atoms with Gasteiger partial charge in [0.2, 0.25) is 0 Å². The van der Waals surface area contributed by atoms with Gasteiger partial charge in [0, 0.05) is 0 Å². The summed E-state index contributed by atoms with van der Waals surface area (Å²) in [5.41, 5.74) is 0. The standard InChI is InChI=1S/C24H21O4P/c1-18(25)23(22(26)24(27)28-2)29(19-12-6-3-7-13-19,20-14-8-4-9-15-20)21-16-10-5-11-17-21/h3-17H,1-2H3. The largest absolute Gasteiger partial charge is 0.463 e. The average Bonchev–Trinajstić information content (AvgIpc) is 2.78. The highest BCUT2D eigenvalue weighted by atomic mass is 31.2. The molecule has 3 aromatic carbocycles. The molecule has 4 nitrogen and oxygen atoms in total. The number of hydrogen-bond acceptors (Lipinski definition) is 4. The molecule has 0 atom stereocenters. The fraction of sp³-hybridized carbons (Fsp3) is 0.0833. The number of benzene rings is 3. The van der Waals surface area contributed by atoms with Gasteiger partial charge in [-0.3, -0.25) is 9.59 Å². The maximum Gasteiger partial charge on any atom is 0.379 e. The van der Waals surface area contributed by atoms with Gasteiger partial charge in [-0.15, -0.1) is 0 Å². The van der Waals surface area contributed by atoms with Crippen LogP contribution in [0.3, 0.4) is 0 Å². The Morgan fingerprint density at radius 2 is 1.00 bits per heavy atom. The van der Waals surface area contributed by atoms with Gasteiger partial charge in [0.15, 0.2) is 5.78 Å². The van der Waals surface area contributed by atoms with Crippen molar-refractivity contribution in [2.45, 2.75) is 6.92 Å². The summed E-state index contributed by atoms with van der Waals surface area (Å²) in [6.45, 7) is -1.59. The van der Waals surface area contributed by atoms with Gasteiger partial charge in [0.25, 0.3) is 5.78 Å². The Bertz CT molecular complexity index is 984. The Labute approximate surface area is 170 Å². The number of hydrogen-bond donors (Lipinski definition) is 0. The first-order valence-electron chi connectivity index (χ1n) is 9.10. The molecule has 0 aromatic heterocycles. The molecule has 0 aliphatic heterocycles. The molecule has 0 bridgehead atoms. The zero-order valence-electron chi connectivity index (χ0n) is 16.2. The first-order valence-corrected chi connectivity index (χ1v) is 10.9. The van der Waals surface area contributed by atoms with Crippen molar-refractivity contribution in [2.75, 3.05) is 7.11 Å². The minimum Gasteiger partial charge on any atom is -0.463 e. The van der Waals surface area contributed by atoms with Gasteiger partial charge in [-0.25, -0.2) is 4.79 Å². The topological polar surface area (TPSA) is 60.4 Å². The molecule has 29 heavy (non-hydrogen) atoms. The zero-order valence-corrected chi connectivity index (χ0v) is 17.1. The second-order valence-electron chi connectivity index (χ2n) is 6.40. The van der Waals surface area contributed by atoms with E-state index in [0.717, 1.165) is 23.0 Å². The van der Waals surface area contributed by atoms with Gasteiger partial charge in [-0.05, 0) is 29.7 Å². The predicted octanol–water partition coefficient (Wildman–Crippen LogP) is 2.48. The van der Waals surface area contributed by atoms with E-state index in [0.29, 0.717) is 0 Å². The Morgan fingerprint density at radius 3 is 1.28 bits per heavy atom. The summed E-state index contributed by atoms with van der Waals surface area (Å²) in [4.78, 5) is 38.4. The van der Waals surface area contributed by atoms with Crippen molar-refractivity contribution in [3.63, 3.8) is 0 Å². The highest BCUT2D eigenvalue weighted by Gasteiger charge is 2.37. The van der Waals surface area contributed by atoms with Crippen molar-refractivity contribution >= 4 is 45.6 Å². The third-order valence-electron chi connectivity index (χ3n) is 4.69. The van der Waals surface area contributed by atoms with Crippen molar-refractivity contribution in [2.24, 2.45) is 0 Å². The van der Waals surface area contributed by atoms with Crippen LogP contribution in [0.1, 0.15) is 6.92 Å². The number of methoxy groups -OCH3 is 1. The van der Waals surface area contributed by atoms with Crippen LogP contribution in [0, 0.1) is 0 Å². The average molecular weight is 404 g/mol. The van der Waals surface area contributed by atoms with E-state index in [9.17, 15) is 14.4 Å². The monoisotopic (exact) mass is 404 g/mol. The number of Topliss-reactive ketones (excluding diaryl/α,β-unsaturated/α-hetero) is 2. The second-order valence-corrected chi connectivity index (χ2v) is 9.74. The van der Waals surface area contributed by atoms with Crippen LogP contribution in [0.15, 0.2) is 91.0 Å². The predicted molar refractivity (Wildman–Crippen MR) is 118 cm³/mol. The summed E-state index contributed by atoms with van der Waals surface area (Å²) in [6.07, 6.45) is 0. The molecule has 0 saturated heterocycles. The molecule has 0 heterocycles. The summed E-state index contributed by atoms with van der Waals surface area (Å²) in [7, 11) is 1.14. The summed E-state index contributed by atoms with van der Waals surface area (Å²) in [5.74, 6) is -2.38. The molecule has 0 fully saturated rings. The Hall–Kier alpha value is -3.23. The minimum absolute atomic E-state index is 0.0343. The van der Waals surface area contributed by atoms with Crippen LogP contribution in [-0.4, -0.2) is 29.9 Å². The Morgan fingerprint density at radius 1 is 0.655 bits per heavy atom. The maximum absolute atomic E-state index is 13.2. The lowest BCUT2D eigenvalue weighted by molar-refractivity contribution is -0.148. The molecular formula is C24H21O4P. The fourth-order valence-electron chi connectivity index (χ4n) is 3.53. The van der Waals surface area contributed by atoms with Gasteiger partial charge in [-0.2, -0.15) is 0 Å². The molecule has 3 aromatic rings. The minimum atomic E-state index is -2.93. The molecule has 0 spiro atoms. The molecule has 5 heteroatoms. The molecule has 0 aliphatic rings. The van der Waals surface area contributed by atoms with E-state index in [1.165, 1.54) is 6.92 Å². The SMILES string of the molecule is COC(=O)C(=O)C(C(C)=O)=P(c1ccccc1)(c1ccccc1)c1ccccc1. The number of carbonyl (C=O) groups is 3. The van der Waals surface area contributed by atoms with Crippen LogP contribution in [0.25, 0.3) is 0 Å². The molecule has 0 N–H and O–H groups in total. The van der Waals surface area contributed by atoms with Gasteiger partial charge in [0.05, 0.1) is 12.4 Å². The van der Waals surface area contributed by atoms with E-state index in [2.05, 4.69) is 0 Å². The number of ketones is 2.